The summed E-state index contributed by atoms with van der Waals surface area (Å²) < 4.78 is 0. The van der Waals surface area contributed by atoms with Gasteiger partial charge in [0.1, 0.15) is 0 Å². The lowest BCUT2D eigenvalue weighted by Gasteiger charge is -2.06. The standard InChI is InChI=1S/C13H15N3O2/c1-3-4-10(8-14)13(15)11-5-9(2)6-12(7-11)16(17)18/h5-7H,3-4,15H2,1-2H3/b13-10-. The van der Waals surface area contributed by atoms with Crippen LogP contribution < -0.4 is 5.73 Å². The largest absolute Gasteiger partial charge is 0.397 e. The quantitative estimate of drug-likeness (QED) is 0.501. The maximum atomic E-state index is 10.8. The predicted octanol–water partition coefficient (Wildman–Crippen LogP) is 2.90. The van der Waals surface area contributed by atoms with E-state index in [0.29, 0.717) is 23.3 Å². The van der Waals surface area contributed by atoms with Gasteiger partial charge in [-0.05, 0) is 25.0 Å². The van der Waals surface area contributed by atoms with Gasteiger partial charge in [-0.25, -0.2) is 0 Å². The van der Waals surface area contributed by atoms with Crippen molar-refractivity contribution in [2.24, 2.45) is 5.73 Å². The molecule has 0 heterocycles. The van der Waals surface area contributed by atoms with Crippen LogP contribution in [0.25, 0.3) is 5.70 Å². The fraction of sp³-hybridized carbons (Fsp3) is 0.308. The third kappa shape index (κ3) is 3.08. The first-order valence-electron chi connectivity index (χ1n) is 5.64. The second-order valence-corrected chi connectivity index (χ2v) is 4.07. The van der Waals surface area contributed by atoms with Gasteiger partial charge in [-0.3, -0.25) is 10.1 Å². The summed E-state index contributed by atoms with van der Waals surface area (Å²) in [7, 11) is 0. The highest BCUT2D eigenvalue weighted by atomic mass is 16.6. The number of nitrogens with zero attached hydrogens (tertiary/aromatic N) is 2. The highest BCUT2D eigenvalue weighted by molar-refractivity contribution is 5.71. The Kier molecular flexibility index (Phi) is 4.44. The molecule has 0 aromatic heterocycles. The molecule has 1 aromatic carbocycles. The molecule has 0 saturated heterocycles. The van der Waals surface area contributed by atoms with Gasteiger partial charge in [-0.1, -0.05) is 13.3 Å². The molecule has 5 nitrogen and oxygen atoms in total. The maximum absolute atomic E-state index is 10.8. The molecule has 0 aliphatic rings. The minimum atomic E-state index is -0.463. The van der Waals surface area contributed by atoms with Crippen LogP contribution in [0.1, 0.15) is 30.9 Å². The smallest absolute Gasteiger partial charge is 0.270 e. The summed E-state index contributed by atoms with van der Waals surface area (Å²) in [6.45, 7) is 3.71. The number of hydrogen-bond acceptors (Lipinski definition) is 4. The van der Waals surface area contributed by atoms with Crippen LogP contribution in [0.15, 0.2) is 23.8 Å². The van der Waals surface area contributed by atoms with Crippen molar-refractivity contribution >= 4 is 11.4 Å². The zero-order chi connectivity index (χ0) is 13.7. The van der Waals surface area contributed by atoms with Crippen LogP contribution in [0.4, 0.5) is 5.69 Å². The van der Waals surface area contributed by atoms with Crippen LogP contribution in [0, 0.1) is 28.4 Å². The SMILES string of the molecule is CCC/C(C#N)=C(/N)c1cc(C)cc([N+](=O)[O-])c1. The van der Waals surface area contributed by atoms with Gasteiger partial charge >= 0.3 is 0 Å². The van der Waals surface area contributed by atoms with Crippen LogP contribution in [0.2, 0.25) is 0 Å². The van der Waals surface area contributed by atoms with E-state index in [4.69, 9.17) is 11.0 Å². The first-order chi connectivity index (χ1) is 8.49. The second kappa shape index (κ2) is 5.82. The molecular weight excluding hydrogens is 230 g/mol. The molecule has 0 unspecified atom stereocenters. The number of benzene rings is 1. The van der Waals surface area contributed by atoms with E-state index >= 15 is 0 Å². The first-order valence-corrected chi connectivity index (χ1v) is 5.64. The number of rotatable bonds is 4. The fourth-order valence-electron chi connectivity index (χ4n) is 1.70. The number of nitro groups is 1. The van der Waals surface area contributed by atoms with Crippen LogP contribution in [-0.2, 0) is 0 Å². The summed E-state index contributed by atoms with van der Waals surface area (Å²) in [4.78, 5) is 10.3. The number of nitrogens with two attached hydrogens (primary N) is 1. The van der Waals surface area contributed by atoms with Crippen LogP contribution in [-0.4, -0.2) is 4.92 Å². The van der Waals surface area contributed by atoms with Crippen molar-refractivity contribution in [3.63, 3.8) is 0 Å². The average Bonchev–Trinajstić information content (AvgIpc) is 2.34. The van der Waals surface area contributed by atoms with Crippen molar-refractivity contribution in [1.82, 2.24) is 0 Å². The molecule has 18 heavy (non-hydrogen) atoms. The molecule has 0 aliphatic carbocycles. The Morgan fingerprint density at radius 2 is 2.17 bits per heavy atom. The van der Waals surface area contributed by atoms with Gasteiger partial charge in [0.05, 0.1) is 22.3 Å². The normalized spacial score (nSPS) is 11.6. The molecule has 0 spiro atoms. The fourth-order valence-corrected chi connectivity index (χ4v) is 1.70. The highest BCUT2D eigenvalue weighted by Crippen LogP contribution is 2.23. The average molecular weight is 245 g/mol. The van der Waals surface area contributed by atoms with E-state index in [1.165, 1.54) is 12.1 Å². The number of nitriles is 1. The lowest BCUT2D eigenvalue weighted by atomic mass is 10.0. The monoisotopic (exact) mass is 245 g/mol. The molecule has 0 atom stereocenters. The van der Waals surface area contributed by atoms with Crippen molar-refractivity contribution < 1.29 is 4.92 Å². The number of nitro benzene ring substituents is 1. The van der Waals surface area contributed by atoms with Crippen molar-refractivity contribution in [1.29, 1.82) is 5.26 Å². The van der Waals surface area contributed by atoms with Crippen molar-refractivity contribution in [2.75, 3.05) is 0 Å². The van der Waals surface area contributed by atoms with E-state index in [-0.39, 0.29) is 5.69 Å². The van der Waals surface area contributed by atoms with Crippen LogP contribution in [0.5, 0.6) is 0 Å². The maximum Gasteiger partial charge on any atom is 0.270 e. The Morgan fingerprint density at radius 1 is 1.50 bits per heavy atom. The summed E-state index contributed by atoms with van der Waals surface area (Å²) >= 11 is 0. The van der Waals surface area contributed by atoms with E-state index in [1.54, 1.807) is 13.0 Å². The van der Waals surface area contributed by atoms with E-state index < -0.39 is 4.92 Å². The van der Waals surface area contributed by atoms with E-state index in [0.717, 1.165) is 12.0 Å². The predicted molar refractivity (Wildman–Crippen MR) is 69.5 cm³/mol. The van der Waals surface area contributed by atoms with E-state index in [9.17, 15) is 10.1 Å². The Balaban J connectivity index is 3.33. The topological polar surface area (TPSA) is 93.0 Å². The molecule has 2 N–H and O–H groups in total. The molecule has 0 fully saturated rings. The first kappa shape index (κ1) is 13.7. The zero-order valence-corrected chi connectivity index (χ0v) is 10.4. The molecule has 0 aliphatic heterocycles. The summed E-state index contributed by atoms with van der Waals surface area (Å²) in [5.41, 5.74) is 7.97. The van der Waals surface area contributed by atoms with Gasteiger partial charge in [0.25, 0.3) is 5.69 Å². The summed E-state index contributed by atoms with van der Waals surface area (Å²) in [5, 5.41) is 19.8. The summed E-state index contributed by atoms with van der Waals surface area (Å²) in [5.74, 6) is 0. The van der Waals surface area contributed by atoms with Crippen molar-refractivity contribution in [2.45, 2.75) is 26.7 Å². The third-order valence-electron chi connectivity index (χ3n) is 2.54. The molecule has 1 aromatic rings. The Bertz CT molecular complexity index is 542. The molecule has 0 radical (unpaired) electrons. The minimum Gasteiger partial charge on any atom is -0.397 e. The van der Waals surface area contributed by atoms with Crippen molar-refractivity contribution in [3.05, 3.63) is 45.0 Å². The highest BCUT2D eigenvalue weighted by Gasteiger charge is 2.12. The minimum absolute atomic E-state index is 0.0123. The molecule has 5 heteroatoms. The van der Waals surface area contributed by atoms with Gasteiger partial charge in [-0.2, -0.15) is 5.26 Å². The van der Waals surface area contributed by atoms with Gasteiger partial charge in [0, 0.05) is 17.7 Å². The Labute approximate surface area is 106 Å². The molecule has 94 valence electrons. The Hall–Kier alpha value is -2.35. The molecule has 0 amide bonds. The number of hydrogen-bond donors (Lipinski definition) is 1. The van der Waals surface area contributed by atoms with Crippen LogP contribution >= 0.6 is 0 Å². The van der Waals surface area contributed by atoms with E-state index in [1.807, 2.05) is 6.92 Å². The van der Waals surface area contributed by atoms with Crippen LogP contribution in [0.3, 0.4) is 0 Å². The second-order valence-electron chi connectivity index (χ2n) is 4.07. The summed E-state index contributed by atoms with van der Waals surface area (Å²) in [6, 6.07) is 6.67. The molecule has 0 bridgehead atoms. The lowest BCUT2D eigenvalue weighted by Crippen LogP contribution is -2.02. The molecule has 1 rings (SSSR count). The number of aryl methyl sites for hydroxylation is 1. The lowest BCUT2D eigenvalue weighted by molar-refractivity contribution is -0.384. The van der Waals surface area contributed by atoms with Gasteiger partial charge in [0.2, 0.25) is 0 Å². The molecular formula is C13H15N3O2. The zero-order valence-electron chi connectivity index (χ0n) is 10.4. The number of non-ortho nitro benzene ring substituents is 1. The number of allylic oxidation sites excluding steroid dienone is 1. The van der Waals surface area contributed by atoms with Gasteiger partial charge < -0.3 is 5.73 Å². The van der Waals surface area contributed by atoms with Crippen molar-refractivity contribution in [3.8, 4) is 6.07 Å². The molecule has 0 saturated carbocycles. The Morgan fingerprint density at radius 3 is 2.67 bits per heavy atom. The van der Waals surface area contributed by atoms with Gasteiger partial charge in [0.15, 0.2) is 0 Å². The van der Waals surface area contributed by atoms with Gasteiger partial charge in [-0.15, -0.1) is 0 Å². The van der Waals surface area contributed by atoms with E-state index in [2.05, 4.69) is 6.07 Å². The summed E-state index contributed by atoms with van der Waals surface area (Å²) in [6.07, 6.45) is 1.38. The third-order valence-corrected chi connectivity index (χ3v) is 2.54.